The Morgan fingerprint density at radius 1 is 1.17 bits per heavy atom. The summed E-state index contributed by atoms with van der Waals surface area (Å²) in [5.74, 6) is -0.186. The first-order valence-electron chi connectivity index (χ1n) is 12.4. The number of hydrazone groups is 1. The van der Waals surface area contributed by atoms with E-state index in [0.29, 0.717) is 27.3 Å². The molecule has 0 aliphatic carbocycles. The van der Waals surface area contributed by atoms with Crippen molar-refractivity contribution in [2.45, 2.75) is 20.1 Å². The molecule has 2 heterocycles. The molecule has 0 unspecified atom stereocenters. The third-order valence-electron chi connectivity index (χ3n) is 6.26. The van der Waals surface area contributed by atoms with Gasteiger partial charge in [-0.05, 0) is 48.4 Å². The van der Waals surface area contributed by atoms with E-state index in [1.165, 1.54) is 47.7 Å². The van der Waals surface area contributed by atoms with Crippen LogP contribution in [-0.4, -0.2) is 28.8 Å². The first kappa shape index (κ1) is 28.0. The van der Waals surface area contributed by atoms with Crippen LogP contribution < -0.4 is 20.5 Å². The van der Waals surface area contributed by atoms with Crippen LogP contribution in [0.2, 0.25) is 5.02 Å². The summed E-state index contributed by atoms with van der Waals surface area (Å²) in [5, 5.41) is 6.64. The number of methoxy groups -OCH3 is 1. The number of hydrogen-bond acceptors (Lipinski definition) is 7. The molecule has 5 rings (SSSR count). The number of fused-ring (bicyclic) bond motifs is 1. The number of nitrogens with one attached hydrogen (secondary N) is 1. The number of amides is 1. The Hall–Kier alpha value is -4.54. The minimum atomic E-state index is -0.495. The molecule has 5 aromatic rings. The maximum absolute atomic E-state index is 14.0. The Morgan fingerprint density at radius 2 is 1.98 bits per heavy atom. The lowest BCUT2D eigenvalue weighted by molar-refractivity contribution is -0.121. The second-order valence-electron chi connectivity index (χ2n) is 9.07. The fourth-order valence-corrected chi connectivity index (χ4v) is 5.22. The Labute approximate surface area is 243 Å². The molecule has 0 spiro atoms. The lowest BCUT2D eigenvalue weighted by Crippen LogP contribution is -2.30. The molecule has 0 saturated carbocycles. The number of ether oxygens (including phenoxy) is 2. The van der Waals surface area contributed by atoms with Gasteiger partial charge in [-0.1, -0.05) is 47.5 Å². The molecule has 3 aromatic carbocycles. The van der Waals surface area contributed by atoms with Gasteiger partial charge in [-0.25, -0.2) is 14.8 Å². The van der Waals surface area contributed by atoms with Crippen molar-refractivity contribution in [1.82, 2.24) is 15.0 Å². The zero-order chi connectivity index (χ0) is 28.9. The number of thiophene rings is 1. The van der Waals surface area contributed by atoms with Gasteiger partial charge in [-0.2, -0.15) is 5.10 Å². The van der Waals surface area contributed by atoms with Gasteiger partial charge >= 0.3 is 0 Å². The van der Waals surface area contributed by atoms with Crippen LogP contribution >= 0.6 is 22.9 Å². The van der Waals surface area contributed by atoms with Crippen molar-refractivity contribution in [3.05, 3.63) is 110 Å². The van der Waals surface area contributed by atoms with Gasteiger partial charge in [0, 0.05) is 16.5 Å². The Bertz CT molecular complexity index is 1800. The molecule has 0 aliphatic rings. The maximum Gasteiger partial charge on any atom is 0.263 e. The summed E-state index contributed by atoms with van der Waals surface area (Å²) < 4.78 is 26.4. The van der Waals surface area contributed by atoms with E-state index in [4.69, 9.17) is 21.1 Å². The van der Waals surface area contributed by atoms with E-state index in [1.54, 1.807) is 24.3 Å². The molecule has 11 heteroatoms. The summed E-state index contributed by atoms with van der Waals surface area (Å²) in [6.07, 6.45) is 2.79. The highest BCUT2D eigenvalue weighted by molar-refractivity contribution is 7.17. The number of hydrogen-bond donors (Lipinski definition) is 1. The average Bonchev–Trinajstić information content (AvgIpc) is 3.40. The van der Waals surface area contributed by atoms with Crippen LogP contribution in [0.15, 0.2) is 82.3 Å². The molecule has 0 saturated heterocycles. The zero-order valence-electron chi connectivity index (χ0n) is 22.1. The van der Waals surface area contributed by atoms with E-state index in [-0.39, 0.29) is 29.3 Å². The van der Waals surface area contributed by atoms with E-state index in [2.05, 4.69) is 15.5 Å². The van der Waals surface area contributed by atoms with Gasteiger partial charge in [-0.3, -0.25) is 14.2 Å². The number of aryl methyl sites for hydroxylation is 1. The number of halogens is 2. The predicted octanol–water partition coefficient (Wildman–Crippen LogP) is 5.96. The van der Waals surface area contributed by atoms with Gasteiger partial charge in [0.2, 0.25) is 0 Å². The van der Waals surface area contributed by atoms with E-state index in [0.717, 1.165) is 16.7 Å². The van der Waals surface area contributed by atoms with Crippen LogP contribution in [0.25, 0.3) is 21.3 Å². The Balaban J connectivity index is 1.25. The van der Waals surface area contributed by atoms with Gasteiger partial charge in [0.05, 0.1) is 30.1 Å². The van der Waals surface area contributed by atoms with Crippen LogP contribution in [0.1, 0.15) is 16.7 Å². The van der Waals surface area contributed by atoms with Crippen molar-refractivity contribution >= 4 is 45.3 Å². The number of benzene rings is 3. The largest absolute Gasteiger partial charge is 0.493 e. The van der Waals surface area contributed by atoms with Gasteiger partial charge in [0.25, 0.3) is 11.5 Å². The molecule has 41 heavy (non-hydrogen) atoms. The highest BCUT2D eigenvalue weighted by Gasteiger charge is 2.15. The van der Waals surface area contributed by atoms with Crippen molar-refractivity contribution < 1.29 is 18.7 Å². The van der Waals surface area contributed by atoms with Crippen LogP contribution in [0.5, 0.6) is 11.5 Å². The van der Waals surface area contributed by atoms with E-state index in [1.807, 2.05) is 36.6 Å². The predicted molar refractivity (Wildman–Crippen MR) is 159 cm³/mol. The summed E-state index contributed by atoms with van der Waals surface area (Å²) in [6, 6.07) is 17.3. The molecular formula is C30H24ClFN4O4S. The average molecular weight is 591 g/mol. The van der Waals surface area contributed by atoms with Gasteiger partial charge in [0.1, 0.15) is 23.8 Å². The molecule has 208 valence electrons. The summed E-state index contributed by atoms with van der Waals surface area (Å²) in [5.41, 5.74) is 5.79. The van der Waals surface area contributed by atoms with Crippen molar-refractivity contribution in [3.8, 4) is 22.6 Å². The summed E-state index contributed by atoms with van der Waals surface area (Å²) in [6.45, 7) is 1.67. The number of carbonyl (C=O) groups excluding carboxylic acids is 1. The monoisotopic (exact) mass is 590 g/mol. The third-order valence-corrected chi connectivity index (χ3v) is 7.50. The van der Waals surface area contributed by atoms with E-state index in [9.17, 15) is 14.0 Å². The minimum absolute atomic E-state index is 0.0801. The molecule has 2 aromatic heterocycles. The second-order valence-corrected chi connectivity index (χ2v) is 10.3. The fraction of sp³-hybridized carbons (Fsp3) is 0.133. The minimum Gasteiger partial charge on any atom is -0.493 e. The lowest BCUT2D eigenvalue weighted by atomic mass is 10.1. The first-order valence-corrected chi connectivity index (χ1v) is 13.7. The first-order chi connectivity index (χ1) is 19.8. The molecule has 8 nitrogen and oxygen atoms in total. The lowest BCUT2D eigenvalue weighted by Gasteiger charge is -2.12. The number of rotatable bonds is 9. The van der Waals surface area contributed by atoms with Crippen molar-refractivity contribution in [2.24, 2.45) is 5.10 Å². The van der Waals surface area contributed by atoms with Crippen LogP contribution in [-0.2, 0) is 17.9 Å². The Kier molecular flexibility index (Phi) is 8.42. The zero-order valence-corrected chi connectivity index (χ0v) is 23.6. The molecule has 0 radical (unpaired) electrons. The number of nitrogens with zero attached hydrogens (tertiary/aromatic N) is 3. The normalized spacial score (nSPS) is 11.2. The smallest absolute Gasteiger partial charge is 0.263 e. The highest BCUT2D eigenvalue weighted by Crippen LogP contribution is 2.31. The fourth-order valence-electron chi connectivity index (χ4n) is 4.10. The van der Waals surface area contributed by atoms with Gasteiger partial charge in [0.15, 0.2) is 11.5 Å². The summed E-state index contributed by atoms with van der Waals surface area (Å²) in [4.78, 5) is 30.8. The van der Waals surface area contributed by atoms with Crippen molar-refractivity contribution in [1.29, 1.82) is 0 Å². The van der Waals surface area contributed by atoms with E-state index < -0.39 is 11.7 Å². The maximum atomic E-state index is 14.0. The quantitative estimate of drug-likeness (QED) is 0.169. The molecule has 1 N–H and O–H groups in total. The Morgan fingerprint density at radius 3 is 2.73 bits per heavy atom. The molecular weight excluding hydrogens is 567 g/mol. The van der Waals surface area contributed by atoms with E-state index >= 15 is 0 Å². The SMILES string of the molecule is COc1cc(/C=N/NC(=O)Cn2cnc3scc(-c4ccc(C)cc4)c3c2=O)ccc1OCc1c(F)cccc1Cl. The molecule has 1 amide bonds. The van der Waals surface area contributed by atoms with Crippen molar-refractivity contribution in [3.63, 3.8) is 0 Å². The standard InChI is InChI=1S/C30H24ClFN4O4S/c1-18-6-9-20(10-7-18)22-16-41-29-28(22)30(38)36(17-33-29)14-27(37)35-34-13-19-8-11-25(26(12-19)39-2)40-15-21-23(31)4-3-5-24(21)32/h3-13,16-17H,14-15H2,1-2H3,(H,35,37)/b34-13+. The molecule has 0 atom stereocenters. The van der Waals surface area contributed by atoms with Gasteiger partial charge in [-0.15, -0.1) is 11.3 Å². The summed E-state index contributed by atoms with van der Waals surface area (Å²) >= 11 is 7.45. The number of aromatic nitrogens is 2. The molecule has 0 fully saturated rings. The third kappa shape index (κ3) is 6.29. The number of carbonyl (C=O) groups is 1. The second kappa shape index (κ2) is 12.3. The van der Waals surface area contributed by atoms with Crippen molar-refractivity contribution in [2.75, 3.05) is 7.11 Å². The topological polar surface area (TPSA) is 94.8 Å². The van der Waals surface area contributed by atoms with Crippen LogP contribution in [0, 0.1) is 12.7 Å². The van der Waals surface area contributed by atoms with Gasteiger partial charge < -0.3 is 9.47 Å². The van der Waals surface area contributed by atoms with Crippen LogP contribution in [0.4, 0.5) is 4.39 Å². The molecule has 0 bridgehead atoms. The van der Waals surface area contributed by atoms with Crippen LogP contribution in [0.3, 0.4) is 0 Å². The summed E-state index contributed by atoms with van der Waals surface area (Å²) in [7, 11) is 1.47. The highest BCUT2D eigenvalue weighted by atomic mass is 35.5. The molecule has 0 aliphatic heterocycles.